The van der Waals surface area contributed by atoms with E-state index < -0.39 is 0 Å². The van der Waals surface area contributed by atoms with Gasteiger partial charge in [0.05, 0.1) is 4.90 Å². The maximum atomic E-state index is 5.46. The molecule has 1 aromatic rings. The smallest absolute Gasteiger partial charge is 0.138 e. The van der Waals surface area contributed by atoms with Crippen LogP contribution in [0.1, 0.15) is 5.56 Å². The molecular weight excluding hydrogens is 182 g/mol. The average molecular weight is 195 g/mol. The van der Waals surface area contributed by atoms with Crippen molar-refractivity contribution in [3.8, 4) is 5.75 Å². The van der Waals surface area contributed by atoms with Crippen molar-refractivity contribution >= 4 is 11.8 Å². The second-order valence-corrected chi connectivity index (χ2v) is 4.01. The third kappa shape index (κ3) is 1.98. The molecule has 0 amide bonds. The monoisotopic (exact) mass is 195 g/mol. The maximum absolute atomic E-state index is 5.46. The van der Waals surface area contributed by atoms with Crippen molar-refractivity contribution in [1.82, 2.24) is 5.32 Å². The van der Waals surface area contributed by atoms with Gasteiger partial charge in [-0.3, -0.25) is 0 Å². The summed E-state index contributed by atoms with van der Waals surface area (Å²) in [7, 11) is 1.97. The van der Waals surface area contributed by atoms with Crippen LogP contribution in [0, 0.1) is 0 Å². The minimum Gasteiger partial charge on any atom is -0.481 e. The fourth-order valence-electron chi connectivity index (χ4n) is 1.37. The number of rotatable bonds is 3. The van der Waals surface area contributed by atoms with Crippen LogP contribution in [0.2, 0.25) is 0 Å². The number of likely N-dealkylation sites (N-methyl/N-ethyl adjacent to an activating group) is 1. The third-order valence-electron chi connectivity index (χ3n) is 2.10. The van der Waals surface area contributed by atoms with E-state index in [0.29, 0.717) is 0 Å². The summed E-state index contributed by atoms with van der Waals surface area (Å²) in [6.07, 6.45) is 1.07. The van der Waals surface area contributed by atoms with Gasteiger partial charge in [0.2, 0.25) is 0 Å². The first kappa shape index (κ1) is 8.91. The van der Waals surface area contributed by atoms with Crippen LogP contribution >= 0.6 is 11.8 Å². The molecule has 0 aromatic heterocycles. The van der Waals surface area contributed by atoms with Crippen LogP contribution in [0.5, 0.6) is 5.75 Å². The third-order valence-corrected chi connectivity index (χ3v) is 2.98. The molecule has 1 aliphatic heterocycles. The standard InChI is InChI=1S/C10H13NOS/c1-11-5-4-8-2-3-10-9(6-8)12-7-13-10/h2-3,6,11H,4-5,7H2,1H3. The molecule has 0 fully saturated rings. The number of nitrogens with one attached hydrogen (secondary N) is 1. The highest BCUT2D eigenvalue weighted by molar-refractivity contribution is 7.99. The Morgan fingerprint density at radius 1 is 1.54 bits per heavy atom. The summed E-state index contributed by atoms with van der Waals surface area (Å²) in [5, 5.41) is 3.14. The van der Waals surface area contributed by atoms with E-state index in [1.54, 1.807) is 11.8 Å². The van der Waals surface area contributed by atoms with Crippen LogP contribution in [-0.4, -0.2) is 19.5 Å². The Balaban J connectivity index is 2.12. The van der Waals surface area contributed by atoms with Crippen molar-refractivity contribution in [2.75, 3.05) is 19.5 Å². The highest BCUT2D eigenvalue weighted by Gasteiger charge is 2.12. The van der Waals surface area contributed by atoms with Crippen molar-refractivity contribution in [2.45, 2.75) is 11.3 Å². The molecule has 0 atom stereocenters. The van der Waals surface area contributed by atoms with Gasteiger partial charge in [-0.15, -0.1) is 0 Å². The average Bonchev–Trinajstić information content (AvgIpc) is 2.61. The topological polar surface area (TPSA) is 21.3 Å². The van der Waals surface area contributed by atoms with Gasteiger partial charge < -0.3 is 10.1 Å². The van der Waals surface area contributed by atoms with Crippen LogP contribution in [-0.2, 0) is 6.42 Å². The number of fused-ring (bicyclic) bond motifs is 1. The van der Waals surface area contributed by atoms with Crippen LogP contribution in [0.15, 0.2) is 23.1 Å². The van der Waals surface area contributed by atoms with E-state index in [2.05, 4.69) is 23.5 Å². The van der Waals surface area contributed by atoms with E-state index >= 15 is 0 Å². The molecule has 2 rings (SSSR count). The molecule has 70 valence electrons. The molecule has 3 heteroatoms. The highest BCUT2D eigenvalue weighted by Crippen LogP contribution is 2.36. The fourth-order valence-corrected chi connectivity index (χ4v) is 2.10. The lowest BCUT2D eigenvalue weighted by Gasteiger charge is -2.02. The van der Waals surface area contributed by atoms with E-state index in [4.69, 9.17) is 4.74 Å². The zero-order valence-corrected chi connectivity index (χ0v) is 8.49. The summed E-state index contributed by atoms with van der Waals surface area (Å²) in [5.41, 5.74) is 1.34. The van der Waals surface area contributed by atoms with Gasteiger partial charge in [0.1, 0.15) is 11.7 Å². The Labute approximate surface area is 82.7 Å². The number of benzene rings is 1. The number of ether oxygens (including phenoxy) is 1. The quantitative estimate of drug-likeness (QED) is 0.796. The van der Waals surface area contributed by atoms with E-state index in [9.17, 15) is 0 Å². The molecule has 13 heavy (non-hydrogen) atoms. The van der Waals surface area contributed by atoms with Crippen molar-refractivity contribution in [2.24, 2.45) is 0 Å². The predicted octanol–water partition coefficient (Wildman–Crippen LogP) is 1.89. The van der Waals surface area contributed by atoms with Crippen LogP contribution < -0.4 is 10.1 Å². The molecule has 1 heterocycles. The van der Waals surface area contributed by atoms with Gasteiger partial charge in [-0.05, 0) is 37.7 Å². The molecule has 0 saturated heterocycles. The zero-order chi connectivity index (χ0) is 9.10. The number of thioether (sulfide) groups is 1. The van der Waals surface area contributed by atoms with Gasteiger partial charge in [-0.2, -0.15) is 0 Å². The SMILES string of the molecule is CNCCc1ccc2c(c1)OCS2. The molecule has 2 nitrogen and oxygen atoms in total. The highest BCUT2D eigenvalue weighted by atomic mass is 32.2. The molecule has 0 bridgehead atoms. The normalized spacial score (nSPS) is 13.9. The summed E-state index contributed by atoms with van der Waals surface area (Å²) in [5.74, 6) is 1.82. The second kappa shape index (κ2) is 4.03. The van der Waals surface area contributed by atoms with Gasteiger partial charge >= 0.3 is 0 Å². The van der Waals surface area contributed by atoms with E-state index in [1.165, 1.54) is 10.5 Å². The number of hydrogen-bond donors (Lipinski definition) is 1. The maximum Gasteiger partial charge on any atom is 0.138 e. The van der Waals surface area contributed by atoms with Gasteiger partial charge in [-0.1, -0.05) is 17.8 Å². The lowest BCUT2D eigenvalue weighted by molar-refractivity contribution is 0.397. The molecule has 0 saturated carbocycles. The Morgan fingerprint density at radius 2 is 2.46 bits per heavy atom. The summed E-state index contributed by atoms with van der Waals surface area (Å²) >= 11 is 1.76. The molecule has 0 unspecified atom stereocenters. The first-order chi connectivity index (χ1) is 6.40. The van der Waals surface area contributed by atoms with E-state index in [1.807, 2.05) is 7.05 Å². The van der Waals surface area contributed by atoms with Crippen molar-refractivity contribution < 1.29 is 4.74 Å². The zero-order valence-electron chi connectivity index (χ0n) is 7.67. The Morgan fingerprint density at radius 3 is 3.31 bits per heavy atom. The Kier molecular flexibility index (Phi) is 2.76. The van der Waals surface area contributed by atoms with Crippen LogP contribution in [0.25, 0.3) is 0 Å². The molecular formula is C10H13NOS. The summed E-state index contributed by atoms with van der Waals surface area (Å²) in [4.78, 5) is 1.27. The minimum absolute atomic E-state index is 0.769. The first-order valence-electron chi connectivity index (χ1n) is 4.43. The largest absolute Gasteiger partial charge is 0.481 e. The van der Waals surface area contributed by atoms with Gasteiger partial charge in [0.25, 0.3) is 0 Å². The Hall–Kier alpha value is -0.670. The van der Waals surface area contributed by atoms with Gasteiger partial charge in [-0.25, -0.2) is 0 Å². The first-order valence-corrected chi connectivity index (χ1v) is 5.42. The minimum atomic E-state index is 0.769. The predicted molar refractivity (Wildman–Crippen MR) is 55.4 cm³/mol. The summed E-state index contributed by atoms with van der Waals surface area (Å²) in [6.45, 7) is 1.02. The summed E-state index contributed by atoms with van der Waals surface area (Å²) in [6, 6.07) is 6.47. The van der Waals surface area contributed by atoms with Crippen molar-refractivity contribution in [3.63, 3.8) is 0 Å². The van der Waals surface area contributed by atoms with Gasteiger partial charge in [0, 0.05) is 0 Å². The Bertz CT molecular complexity index is 301. The number of hydrogen-bond acceptors (Lipinski definition) is 3. The molecule has 1 aliphatic rings. The van der Waals surface area contributed by atoms with Crippen LogP contribution in [0.3, 0.4) is 0 Å². The fraction of sp³-hybridized carbons (Fsp3) is 0.400. The summed E-state index contributed by atoms with van der Waals surface area (Å²) < 4.78 is 5.46. The van der Waals surface area contributed by atoms with Crippen molar-refractivity contribution in [3.05, 3.63) is 23.8 Å². The molecule has 0 radical (unpaired) electrons. The molecule has 1 N–H and O–H groups in total. The van der Waals surface area contributed by atoms with Gasteiger partial charge in [0.15, 0.2) is 0 Å². The van der Waals surface area contributed by atoms with Crippen LogP contribution in [0.4, 0.5) is 0 Å². The lowest BCUT2D eigenvalue weighted by atomic mass is 10.1. The molecule has 0 aliphatic carbocycles. The lowest BCUT2D eigenvalue weighted by Crippen LogP contribution is -2.10. The second-order valence-electron chi connectivity index (χ2n) is 3.04. The van der Waals surface area contributed by atoms with Crippen molar-refractivity contribution in [1.29, 1.82) is 0 Å². The van der Waals surface area contributed by atoms with E-state index in [0.717, 1.165) is 24.7 Å². The molecule has 0 spiro atoms. The molecule has 1 aromatic carbocycles. The van der Waals surface area contributed by atoms with E-state index in [-0.39, 0.29) is 0 Å².